The lowest BCUT2D eigenvalue weighted by molar-refractivity contribution is -0.538. The van der Waals surface area contributed by atoms with Gasteiger partial charge in [-0.15, -0.1) is 0 Å². The number of hydrogen-bond acceptors (Lipinski definition) is 4. The Morgan fingerprint density at radius 1 is 1.08 bits per heavy atom. The average molecular weight is 415 g/mol. The molecule has 2 aromatic carbocycles. The maximum atomic E-state index is 12.7. The van der Waals surface area contributed by atoms with Gasteiger partial charge >= 0.3 is 0 Å². The highest BCUT2D eigenvalue weighted by molar-refractivity contribution is 6.68. The molecule has 0 bridgehead atoms. The van der Waals surface area contributed by atoms with Crippen LogP contribution in [0.1, 0.15) is 28.3 Å². The summed E-state index contributed by atoms with van der Waals surface area (Å²) in [5.41, 5.74) is 1.04. The van der Waals surface area contributed by atoms with E-state index in [1.807, 2.05) is 0 Å². The molecular weight excluding hydrogens is 401 g/mol. The van der Waals surface area contributed by atoms with Crippen LogP contribution in [0.4, 0.5) is 0 Å². The topological polar surface area (TPSA) is 69.4 Å². The highest BCUT2D eigenvalue weighted by Gasteiger charge is 2.55. The number of fused-ring (bicyclic) bond motifs is 1. The molecule has 0 radical (unpaired) electrons. The molecule has 0 amide bonds. The van der Waals surface area contributed by atoms with Crippen molar-refractivity contribution in [3.05, 3.63) is 75.8 Å². The summed E-state index contributed by atoms with van der Waals surface area (Å²) in [5, 5.41) is 11.8. The number of Topliss-reactive ketones (excluding diaryl/α,β-unsaturated/α-hetero) is 1. The van der Waals surface area contributed by atoms with Crippen molar-refractivity contribution in [3.8, 4) is 5.75 Å². The van der Waals surface area contributed by atoms with Gasteiger partial charge in [0.15, 0.2) is 5.78 Å². The van der Waals surface area contributed by atoms with E-state index in [0.29, 0.717) is 16.9 Å². The van der Waals surface area contributed by atoms with Gasteiger partial charge in [-0.1, -0.05) is 83.3 Å². The van der Waals surface area contributed by atoms with Crippen molar-refractivity contribution in [2.24, 2.45) is 0 Å². The number of carbonyl (C=O) groups excluding carboxylic acids is 1. The van der Waals surface area contributed by atoms with Crippen LogP contribution in [0.25, 0.3) is 0 Å². The lowest BCUT2D eigenvalue weighted by atomic mass is 9.81. The zero-order valence-electron chi connectivity index (χ0n) is 13.3. The zero-order valence-corrected chi connectivity index (χ0v) is 15.6. The van der Waals surface area contributed by atoms with E-state index >= 15 is 0 Å². The molecule has 5 nitrogen and oxygen atoms in total. The van der Waals surface area contributed by atoms with Crippen LogP contribution in [-0.4, -0.2) is 26.6 Å². The van der Waals surface area contributed by atoms with Crippen molar-refractivity contribution in [2.45, 2.75) is 28.3 Å². The van der Waals surface area contributed by atoms with E-state index in [4.69, 9.17) is 39.5 Å². The van der Waals surface area contributed by atoms with Gasteiger partial charge in [-0.2, -0.15) is 0 Å². The van der Waals surface area contributed by atoms with Crippen molar-refractivity contribution >= 4 is 40.6 Å². The molecular formula is C18H14Cl3NO4. The van der Waals surface area contributed by atoms with Crippen LogP contribution in [0.3, 0.4) is 0 Å². The third-order valence-corrected chi connectivity index (χ3v) is 5.01. The third kappa shape index (κ3) is 3.80. The van der Waals surface area contributed by atoms with Crippen molar-refractivity contribution in [2.75, 3.05) is 0 Å². The predicted molar refractivity (Wildman–Crippen MR) is 100 cm³/mol. The maximum Gasteiger partial charge on any atom is 0.260 e. The molecule has 0 aliphatic carbocycles. The van der Waals surface area contributed by atoms with E-state index in [1.54, 1.807) is 54.6 Å². The van der Waals surface area contributed by atoms with Crippen molar-refractivity contribution in [1.29, 1.82) is 0 Å². The molecule has 1 aliphatic rings. The fourth-order valence-corrected chi connectivity index (χ4v) is 3.71. The minimum Gasteiger partial charge on any atom is -0.478 e. The molecule has 1 aliphatic heterocycles. The minimum atomic E-state index is -2.01. The highest BCUT2D eigenvalue weighted by atomic mass is 35.6. The van der Waals surface area contributed by atoms with Gasteiger partial charge in [-0.3, -0.25) is 14.9 Å². The normalized spacial score (nSPS) is 22.2. The molecule has 0 aromatic heterocycles. The zero-order chi connectivity index (χ0) is 18.9. The monoisotopic (exact) mass is 413 g/mol. The second-order valence-corrected chi connectivity index (χ2v) is 8.36. The summed E-state index contributed by atoms with van der Waals surface area (Å²) < 4.78 is 3.62. The third-order valence-electron chi connectivity index (χ3n) is 4.36. The molecule has 0 spiro atoms. The number of ketones is 1. The minimum absolute atomic E-state index is 0.0900. The Balaban J connectivity index is 2.03. The Morgan fingerprint density at radius 3 is 2.31 bits per heavy atom. The van der Waals surface area contributed by atoms with Gasteiger partial charge in [0.05, 0.1) is 5.92 Å². The summed E-state index contributed by atoms with van der Waals surface area (Å²) >= 11 is 17.9. The number of carbonyl (C=O) groups is 1. The molecule has 3 rings (SSSR count). The molecule has 1 heterocycles. The van der Waals surface area contributed by atoms with E-state index in [9.17, 15) is 14.9 Å². The molecule has 0 saturated carbocycles. The summed E-state index contributed by atoms with van der Waals surface area (Å²) in [6, 6.07) is 14.0. The van der Waals surface area contributed by atoms with Gasteiger partial charge < -0.3 is 4.74 Å². The largest absolute Gasteiger partial charge is 0.478 e. The first-order valence-electron chi connectivity index (χ1n) is 7.83. The van der Waals surface area contributed by atoms with Gasteiger partial charge in [0.2, 0.25) is 9.90 Å². The number of rotatable bonds is 4. The summed E-state index contributed by atoms with van der Waals surface area (Å²) in [5.74, 6) is -0.613. The summed E-state index contributed by atoms with van der Waals surface area (Å²) in [7, 11) is 0. The van der Waals surface area contributed by atoms with Crippen molar-refractivity contribution in [1.82, 2.24) is 0 Å². The van der Waals surface area contributed by atoms with Crippen molar-refractivity contribution < 1.29 is 14.5 Å². The molecule has 26 heavy (non-hydrogen) atoms. The fourth-order valence-electron chi connectivity index (χ4n) is 3.19. The summed E-state index contributed by atoms with van der Waals surface area (Å²) in [4.78, 5) is 23.9. The smallest absolute Gasteiger partial charge is 0.260 e. The van der Waals surface area contributed by atoms with Gasteiger partial charge in [0.1, 0.15) is 5.75 Å². The van der Waals surface area contributed by atoms with Crippen LogP contribution >= 0.6 is 34.8 Å². The quantitative estimate of drug-likeness (QED) is 0.311. The molecule has 136 valence electrons. The molecule has 0 fully saturated rings. The lowest BCUT2D eigenvalue weighted by Crippen LogP contribution is -2.52. The fraction of sp³-hybridized carbons (Fsp3) is 0.278. The van der Waals surface area contributed by atoms with Gasteiger partial charge in [0, 0.05) is 22.5 Å². The molecule has 0 saturated heterocycles. The first kappa shape index (κ1) is 19.0. The number of hydrogen-bond donors (Lipinski definition) is 0. The Hall–Kier alpha value is -1.82. The molecule has 3 atom stereocenters. The number of nitrogens with zero attached hydrogens (tertiary/aromatic N) is 1. The summed E-state index contributed by atoms with van der Waals surface area (Å²) in [6.45, 7) is 0. The molecule has 8 heteroatoms. The van der Waals surface area contributed by atoms with Gasteiger partial charge in [-0.05, 0) is 6.07 Å². The van der Waals surface area contributed by atoms with E-state index in [0.717, 1.165) is 0 Å². The Bertz CT molecular complexity index is 823. The Morgan fingerprint density at radius 2 is 1.69 bits per heavy atom. The first-order valence-corrected chi connectivity index (χ1v) is 8.96. The maximum absolute atomic E-state index is 12.7. The first-order chi connectivity index (χ1) is 12.3. The summed E-state index contributed by atoms with van der Waals surface area (Å²) in [6.07, 6.45) is -1.40. The molecule has 0 unspecified atom stereocenters. The number of nitro groups is 1. The average Bonchev–Trinajstić information content (AvgIpc) is 2.61. The Kier molecular flexibility index (Phi) is 5.42. The van der Waals surface area contributed by atoms with Crippen LogP contribution in [0.5, 0.6) is 5.75 Å². The van der Waals surface area contributed by atoms with Crippen LogP contribution in [0, 0.1) is 10.1 Å². The van der Waals surface area contributed by atoms with E-state index < -0.39 is 26.8 Å². The number of halogens is 3. The van der Waals surface area contributed by atoms with E-state index in [-0.39, 0.29) is 12.2 Å². The van der Waals surface area contributed by atoms with Crippen LogP contribution in [-0.2, 0) is 0 Å². The number of alkyl halides is 3. The van der Waals surface area contributed by atoms with E-state index in [2.05, 4.69) is 0 Å². The molecule has 2 aromatic rings. The van der Waals surface area contributed by atoms with Crippen LogP contribution in [0.15, 0.2) is 54.6 Å². The van der Waals surface area contributed by atoms with Gasteiger partial charge in [0.25, 0.3) is 6.04 Å². The molecule has 0 N–H and O–H groups in total. The number of ether oxygens (including phenoxy) is 1. The SMILES string of the molecule is O=C(C[C@@H]1c2ccccc2O[C@H](C(Cl)(Cl)Cl)[C@H]1[N+](=O)[O-])c1ccccc1. The number of benzene rings is 2. The second-order valence-electron chi connectivity index (χ2n) is 5.99. The second kappa shape index (κ2) is 7.43. The Labute approximate surface area is 165 Å². The van der Waals surface area contributed by atoms with Crippen LogP contribution < -0.4 is 4.74 Å². The van der Waals surface area contributed by atoms with Crippen molar-refractivity contribution in [3.63, 3.8) is 0 Å². The predicted octanol–water partition coefficient (Wildman–Crippen LogP) is 4.82. The van der Waals surface area contributed by atoms with E-state index in [1.165, 1.54) is 0 Å². The standard InChI is InChI=1S/C18H14Cl3NO4/c19-18(20,21)17-16(22(24)25)13(12-8-4-5-9-15(12)26-17)10-14(23)11-6-2-1-3-7-11/h1-9,13,16-17H,10H2/t13-,16+,17+/m1/s1. The van der Waals surface area contributed by atoms with Gasteiger partial charge in [-0.25, -0.2) is 0 Å². The highest BCUT2D eigenvalue weighted by Crippen LogP contribution is 2.46. The van der Waals surface area contributed by atoms with Crippen LogP contribution in [0.2, 0.25) is 0 Å². The number of para-hydroxylation sites is 1. The lowest BCUT2D eigenvalue weighted by Gasteiger charge is -2.37.